The van der Waals surface area contributed by atoms with Gasteiger partial charge in [-0.15, -0.1) is 0 Å². The summed E-state index contributed by atoms with van der Waals surface area (Å²) < 4.78 is 10.6. The molecule has 0 heterocycles. The molecule has 2 fully saturated rings. The molecule has 3 rings (SSSR count). The highest BCUT2D eigenvalue weighted by atomic mass is 16.5. The fourth-order valence-corrected chi connectivity index (χ4v) is 3.71. The van der Waals surface area contributed by atoms with Crippen molar-refractivity contribution in [2.45, 2.75) is 32.6 Å². The topological polar surface area (TPSA) is 47.6 Å². The van der Waals surface area contributed by atoms with Gasteiger partial charge in [-0.1, -0.05) is 12.8 Å². The van der Waals surface area contributed by atoms with Crippen molar-refractivity contribution in [3.8, 4) is 11.5 Å². The molecular formula is C17H23NO3. The van der Waals surface area contributed by atoms with Crippen LogP contribution in [0.25, 0.3) is 0 Å². The van der Waals surface area contributed by atoms with E-state index in [4.69, 9.17) is 9.47 Å². The van der Waals surface area contributed by atoms with Crippen LogP contribution in [-0.4, -0.2) is 20.1 Å². The van der Waals surface area contributed by atoms with Crippen LogP contribution >= 0.6 is 0 Å². The van der Waals surface area contributed by atoms with Crippen LogP contribution < -0.4 is 14.8 Å². The third-order valence-electron chi connectivity index (χ3n) is 4.95. The lowest BCUT2D eigenvalue weighted by atomic mass is 10.0. The van der Waals surface area contributed by atoms with E-state index in [1.807, 2.05) is 19.1 Å². The minimum absolute atomic E-state index is 0.169. The van der Waals surface area contributed by atoms with Gasteiger partial charge in [0.15, 0.2) is 11.5 Å². The molecule has 2 saturated carbocycles. The van der Waals surface area contributed by atoms with Crippen molar-refractivity contribution >= 4 is 11.6 Å². The predicted molar refractivity (Wildman–Crippen MR) is 81.9 cm³/mol. The first-order chi connectivity index (χ1) is 10.2. The van der Waals surface area contributed by atoms with Gasteiger partial charge in [0.1, 0.15) is 0 Å². The summed E-state index contributed by atoms with van der Waals surface area (Å²) in [4.78, 5) is 12.5. The van der Waals surface area contributed by atoms with Crippen LogP contribution in [0.2, 0.25) is 0 Å². The highest BCUT2D eigenvalue weighted by Gasteiger charge is 2.54. The number of anilines is 1. The van der Waals surface area contributed by atoms with Crippen LogP contribution in [0, 0.1) is 24.7 Å². The van der Waals surface area contributed by atoms with Crippen molar-refractivity contribution < 1.29 is 14.3 Å². The molecule has 1 aromatic rings. The molecule has 1 N–H and O–H groups in total. The van der Waals surface area contributed by atoms with E-state index >= 15 is 0 Å². The van der Waals surface area contributed by atoms with Gasteiger partial charge in [-0.05, 0) is 43.2 Å². The third kappa shape index (κ3) is 2.59. The van der Waals surface area contributed by atoms with E-state index in [1.165, 1.54) is 25.7 Å². The summed E-state index contributed by atoms with van der Waals surface area (Å²) in [5.41, 5.74) is 1.81. The van der Waals surface area contributed by atoms with Gasteiger partial charge in [0.25, 0.3) is 0 Å². The Morgan fingerprint density at radius 3 is 2.24 bits per heavy atom. The van der Waals surface area contributed by atoms with Gasteiger partial charge in [-0.3, -0.25) is 4.79 Å². The molecule has 1 amide bonds. The summed E-state index contributed by atoms with van der Waals surface area (Å²) in [5.74, 6) is 2.97. The molecule has 0 radical (unpaired) electrons. The second-order valence-corrected chi connectivity index (χ2v) is 6.15. The molecule has 2 aliphatic carbocycles. The molecule has 0 aliphatic heterocycles. The van der Waals surface area contributed by atoms with Crippen molar-refractivity contribution in [1.29, 1.82) is 0 Å². The van der Waals surface area contributed by atoms with E-state index in [-0.39, 0.29) is 11.8 Å². The van der Waals surface area contributed by atoms with Crippen LogP contribution in [0.15, 0.2) is 12.1 Å². The SMILES string of the molecule is COc1cc(C)c(NC(=O)C2[C@H]3CCCC[C@H]23)cc1OC. The zero-order valence-electron chi connectivity index (χ0n) is 12.9. The predicted octanol–water partition coefficient (Wildman–Crippen LogP) is 3.39. The van der Waals surface area contributed by atoms with Gasteiger partial charge in [-0.25, -0.2) is 0 Å². The first-order valence-corrected chi connectivity index (χ1v) is 7.69. The summed E-state index contributed by atoms with van der Waals surface area (Å²) in [5, 5.41) is 3.08. The maximum Gasteiger partial charge on any atom is 0.228 e. The Morgan fingerprint density at radius 2 is 1.67 bits per heavy atom. The van der Waals surface area contributed by atoms with Gasteiger partial charge in [-0.2, -0.15) is 0 Å². The van der Waals surface area contributed by atoms with Gasteiger partial charge in [0.2, 0.25) is 5.91 Å². The number of hydrogen-bond donors (Lipinski definition) is 1. The summed E-state index contributed by atoms with van der Waals surface area (Å²) in [7, 11) is 3.22. The Kier molecular flexibility index (Phi) is 3.79. The number of rotatable bonds is 4. The maximum atomic E-state index is 12.5. The Hall–Kier alpha value is -1.71. The van der Waals surface area contributed by atoms with Crippen LogP contribution in [-0.2, 0) is 4.79 Å². The first-order valence-electron chi connectivity index (χ1n) is 7.69. The zero-order valence-corrected chi connectivity index (χ0v) is 12.9. The number of hydrogen-bond acceptors (Lipinski definition) is 3. The molecule has 0 bridgehead atoms. The number of carbonyl (C=O) groups excluding carboxylic acids is 1. The molecule has 2 atom stereocenters. The number of ether oxygens (including phenoxy) is 2. The van der Waals surface area contributed by atoms with Gasteiger partial charge in [0, 0.05) is 17.7 Å². The van der Waals surface area contributed by atoms with Crippen LogP contribution in [0.4, 0.5) is 5.69 Å². The molecule has 4 heteroatoms. The van der Waals surface area contributed by atoms with Crippen molar-refractivity contribution in [2.24, 2.45) is 17.8 Å². The smallest absolute Gasteiger partial charge is 0.228 e. The molecule has 0 spiro atoms. The number of benzene rings is 1. The van der Waals surface area contributed by atoms with E-state index in [1.54, 1.807) is 14.2 Å². The molecule has 2 aliphatic rings. The minimum atomic E-state index is 0.169. The second-order valence-electron chi connectivity index (χ2n) is 6.15. The summed E-state index contributed by atoms with van der Waals surface area (Å²) >= 11 is 0. The van der Waals surface area contributed by atoms with E-state index in [2.05, 4.69) is 5.32 Å². The van der Waals surface area contributed by atoms with Gasteiger partial charge < -0.3 is 14.8 Å². The van der Waals surface area contributed by atoms with E-state index < -0.39 is 0 Å². The van der Waals surface area contributed by atoms with Crippen molar-refractivity contribution in [2.75, 3.05) is 19.5 Å². The summed E-state index contributed by atoms with van der Waals surface area (Å²) in [6.07, 6.45) is 4.99. The molecule has 0 aromatic heterocycles. The van der Waals surface area contributed by atoms with Crippen LogP contribution in [0.1, 0.15) is 31.2 Å². The number of aryl methyl sites for hydroxylation is 1. The van der Waals surface area contributed by atoms with Gasteiger partial charge in [0.05, 0.1) is 14.2 Å². The van der Waals surface area contributed by atoms with Crippen molar-refractivity contribution in [1.82, 2.24) is 0 Å². The lowest BCUT2D eigenvalue weighted by Gasteiger charge is -2.13. The quantitative estimate of drug-likeness (QED) is 0.924. The first kappa shape index (κ1) is 14.2. The molecular weight excluding hydrogens is 266 g/mol. The Labute approximate surface area is 125 Å². The normalized spacial score (nSPS) is 26.7. The number of fused-ring (bicyclic) bond motifs is 1. The van der Waals surface area contributed by atoms with Crippen LogP contribution in [0.5, 0.6) is 11.5 Å². The van der Waals surface area contributed by atoms with Crippen molar-refractivity contribution in [3.63, 3.8) is 0 Å². The van der Waals surface area contributed by atoms with E-state index in [0.29, 0.717) is 23.3 Å². The molecule has 0 saturated heterocycles. The third-order valence-corrected chi connectivity index (χ3v) is 4.95. The Bertz CT molecular complexity index is 543. The molecule has 21 heavy (non-hydrogen) atoms. The van der Waals surface area contributed by atoms with Crippen molar-refractivity contribution in [3.05, 3.63) is 17.7 Å². The lowest BCUT2D eigenvalue weighted by Crippen LogP contribution is -2.16. The lowest BCUT2D eigenvalue weighted by molar-refractivity contribution is -0.117. The number of methoxy groups -OCH3 is 2. The monoisotopic (exact) mass is 289 g/mol. The number of nitrogens with one attached hydrogen (secondary N) is 1. The van der Waals surface area contributed by atoms with Gasteiger partial charge >= 0.3 is 0 Å². The fourth-order valence-electron chi connectivity index (χ4n) is 3.71. The molecule has 0 unspecified atom stereocenters. The Morgan fingerprint density at radius 1 is 1.10 bits per heavy atom. The maximum absolute atomic E-state index is 12.5. The van der Waals surface area contributed by atoms with Crippen LogP contribution in [0.3, 0.4) is 0 Å². The highest BCUT2D eigenvalue weighted by Crippen LogP contribution is 2.55. The second kappa shape index (κ2) is 5.58. The fraction of sp³-hybridized carbons (Fsp3) is 0.588. The number of amides is 1. The largest absolute Gasteiger partial charge is 0.493 e. The summed E-state index contributed by atoms with van der Waals surface area (Å²) in [6, 6.07) is 3.74. The Balaban J connectivity index is 1.74. The molecule has 4 nitrogen and oxygen atoms in total. The minimum Gasteiger partial charge on any atom is -0.493 e. The van der Waals surface area contributed by atoms with E-state index in [9.17, 15) is 4.79 Å². The average molecular weight is 289 g/mol. The zero-order chi connectivity index (χ0) is 15.0. The highest BCUT2D eigenvalue weighted by molar-refractivity contribution is 5.95. The van der Waals surface area contributed by atoms with E-state index in [0.717, 1.165) is 11.3 Å². The number of carbonyl (C=O) groups is 1. The molecule has 114 valence electrons. The molecule has 1 aromatic carbocycles. The average Bonchev–Trinajstić information content (AvgIpc) is 3.23. The summed E-state index contributed by atoms with van der Waals surface area (Å²) in [6.45, 7) is 1.97. The standard InChI is InChI=1S/C17H23NO3/c1-10-8-14(20-2)15(21-3)9-13(10)18-17(19)16-11-6-4-5-7-12(11)16/h8-9,11-12,16H,4-7H2,1-3H3,(H,18,19)/t11-,12-/m0/s1.